The molecule has 7 heteroatoms. The summed E-state index contributed by atoms with van der Waals surface area (Å²) in [6, 6.07) is 2.30. The fourth-order valence-corrected chi connectivity index (χ4v) is 5.46. The van der Waals surface area contributed by atoms with Crippen molar-refractivity contribution in [2.24, 2.45) is 5.92 Å². The van der Waals surface area contributed by atoms with Crippen molar-refractivity contribution in [3.8, 4) is 10.7 Å². The van der Waals surface area contributed by atoms with E-state index in [0.29, 0.717) is 12.3 Å². The molecule has 0 unspecified atom stereocenters. The molecule has 1 atom stereocenters. The van der Waals surface area contributed by atoms with Crippen molar-refractivity contribution in [1.29, 1.82) is 0 Å². The van der Waals surface area contributed by atoms with Gasteiger partial charge in [-0.05, 0) is 57.6 Å². The summed E-state index contributed by atoms with van der Waals surface area (Å²) < 4.78 is 2.07. The lowest BCUT2D eigenvalue weighted by molar-refractivity contribution is -0.119. The highest BCUT2D eigenvalue weighted by atomic mass is 32.2. The minimum atomic E-state index is -0.232. The molecule has 0 bridgehead atoms. The smallest absolute Gasteiger partial charge is 0.230 e. The van der Waals surface area contributed by atoms with Crippen LogP contribution in [0.1, 0.15) is 51.0 Å². The topological polar surface area (TPSA) is 59.8 Å². The summed E-state index contributed by atoms with van der Waals surface area (Å²) in [5.74, 6) is 2.01. The van der Waals surface area contributed by atoms with Gasteiger partial charge in [0.25, 0.3) is 0 Å². The molecule has 2 aromatic rings. The number of rotatable bonds is 7. The lowest BCUT2D eigenvalue weighted by atomic mass is 9.87. The molecule has 1 aliphatic rings. The Hall–Kier alpha value is -1.60. The van der Waals surface area contributed by atoms with Gasteiger partial charge in [0.2, 0.25) is 5.91 Å². The SMILES string of the molecule is C=CCn1c(SCC(=O)NC(C)(C)C)nnc1-c1cc2c(s1)CC[C@@H](CC)C2. The molecule has 3 rings (SSSR count). The van der Waals surface area contributed by atoms with Crippen LogP contribution in [-0.4, -0.2) is 32.0 Å². The van der Waals surface area contributed by atoms with E-state index in [4.69, 9.17) is 0 Å². The monoisotopic (exact) mass is 418 g/mol. The number of hydrogen-bond acceptors (Lipinski definition) is 5. The lowest BCUT2D eigenvalue weighted by Crippen LogP contribution is -2.41. The summed E-state index contributed by atoms with van der Waals surface area (Å²) in [6.07, 6.45) is 6.73. The van der Waals surface area contributed by atoms with Crippen LogP contribution in [0.5, 0.6) is 0 Å². The zero-order valence-electron chi connectivity index (χ0n) is 17.2. The Labute approximate surface area is 176 Å². The molecule has 2 aromatic heterocycles. The van der Waals surface area contributed by atoms with E-state index in [9.17, 15) is 4.79 Å². The molecule has 5 nitrogen and oxygen atoms in total. The lowest BCUT2D eigenvalue weighted by Gasteiger charge is -2.20. The van der Waals surface area contributed by atoms with Gasteiger partial charge in [0, 0.05) is 17.0 Å². The third-order valence-corrected chi connectivity index (χ3v) is 7.06. The van der Waals surface area contributed by atoms with Gasteiger partial charge in [0.05, 0.1) is 10.6 Å². The molecule has 1 aliphatic carbocycles. The Kier molecular flexibility index (Phi) is 6.65. The standard InChI is InChI=1S/C21H30N4OS2/c1-6-10-25-19(17-12-15-11-14(7-2)8-9-16(15)28-17)23-24-20(25)27-13-18(26)22-21(3,4)5/h6,12,14H,1,7-11,13H2,2-5H3,(H,22,26)/t14-/m1/s1. The van der Waals surface area contributed by atoms with Crippen LogP contribution in [0, 0.1) is 5.92 Å². The first-order chi connectivity index (χ1) is 13.3. The van der Waals surface area contributed by atoms with Gasteiger partial charge in [0.15, 0.2) is 11.0 Å². The Balaban J connectivity index is 1.79. The normalized spacial score (nSPS) is 16.6. The van der Waals surface area contributed by atoms with Gasteiger partial charge in [-0.25, -0.2) is 0 Å². The van der Waals surface area contributed by atoms with Crippen molar-refractivity contribution in [3.05, 3.63) is 29.2 Å². The minimum Gasteiger partial charge on any atom is -0.351 e. The number of carbonyl (C=O) groups is 1. The first kappa shape index (κ1) is 21.1. The molecular formula is C21H30N4OS2. The van der Waals surface area contributed by atoms with E-state index in [2.05, 4.69) is 39.7 Å². The van der Waals surface area contributed by atoms with E-state index in [1.165, 1.54) is 52.8 Å². The number of thioether (sulfide) groups is 1. The number of hydrogen-bond donors (Lipinski definition) is 1. The summed E-state index contributed by atoms with van der Waals surface area (Å²) in [6.45, 7) is 12.7. The molecule has 0 aromatic carbocycles. The van der Waals surface area contributed by atoms with Crippen LogP contribution in [0.3, 0.4) is 0 Å². The van der Waals surface area contributed by atoms with Gasteiger partial charge in [0.1, 0.15) is 0 Å². The van der Waals surface area contributed by atoms with Crippen molar-refractivity contribution in [2.45, 2.75) is 70.6 Å². The molecule has 28 heavy (non-hydrogen) atoms. The second kappa shape index (κ2) is 8.82. The van der Waals surface area contributed by atoms with Crippen LogP contribution >= 0.6 is 23.1 Å². The average Bonchev–Trinajstić information content (AvgIpc) is 3.21. The number of nitrogens with zero attached hydrogens (tertiary/aromatic N) is 3. The Morgan fingerprint density at radius 3 is 2.93 bits per heavy atom. The van der Waals surface area contributed by atoms with E-state index in [1.54, 1.807) is 0 Å². The maximum Gasteiger partial charge on any atom is 0.230 e. The average molecular weight is 419 g/mol. The quantitative estimate of drug-likeness (QED) is 0.522. The largest absolute Gasteiger partial charge is 0.351 e. The van der Waals surface area contributed by atoms with Crippen LogP contribution in [-0.2, 0) is 24.2 Å². The van der Waals surface area contributed by atoms with E-state index in [-0.39, 0.29) is 11.4 Å². The molecular weight excluding hydrogens is 388 g/mol. The number of nitrogens with one attached hydrogen (secondary N) is 1. The van der Waals surface area contributed by atoms with E-state index < -0.39 is 0 Å². The van der Waals surface area contributed by atoms with Crippen molar-refractivity contribution in [2.75, 3.05) is 5.75 Å². The maximum absolute atomic E-state index is 12.2. The molecule has 0 saturated heterocycles. The summed E-state index contributed by atoms with van der Waals surface area (Å²) in [5, 5.41) is 12.6. The van der Waals surface area contributed by atoms with E-state index in [1.807, 2.05) is 38.2 Å². The number of aryl methyl sites for hydroxylation is 1. The van der Waals surface area contributed by atoms with Crippen molar-refractivity contribution >= 4 is 29.0 Å². The number of aromatic nitrogens is 3. The fourth-order valence-electron chi connectivity index (χ4n) is 3.51. The number of allylic oxidation sites excluding steroid dienone is 1. The minimum absolute atomic E-state index is 0.00407. The van der Waals surface area contributed by atoms with Gasteiger partial charge in [-0.2, -0.15) is 0 Å². The zero-order valence-corrected chi connectivity index (χ0v) is 18.9. The summed E-state index contributed by atoms with van der Waals surface area (Å²) in [5.41, 5.74) is 1.24. The van der Waals surface area contributed by atoms with Gasteiger partial charge >= 0.3 is 0 Å². The highest BCUT2D eigenvalue weighted by Crippen LogP contribution is 2.38. The summed E-state index contributed by atoms with van der Waals surface area (Å²) >= 11 is 3.26. The number of carbonyl (C=O) groups excluding carboxylic acids is 1. The molecule has 2 heterocycles. The molecule has 1 N–H and O–H groups in total. The number of thiophene rings is 1. The van der Waals surface area contributed by atoms with Crippen LogP contribution in [0.4, 0.5) is 0 Å². The highest BCUT2D eigenvalue weighted by Gasteiger charge is 2.23. The summed E-state index contributed by atoms with van der Waals surface area (Å²) in [4.78, 5) is 14.8. The molecule has 1 amide bonds. The molecule has 0 aliphatic heterocycles. The first-order valence-corrected chi connectivity index (χ1v) is 11.7. The molecule has 0 radical (unpaired) electrons. The second-order valence-electron chi connectivity index (χ2n) is 8.37. The van der Waals surface area contributed by atoms with Crippen LogP contribution in [0.2, 0.25) is 0 Å². The van der Waals surface area contributed by atoms with Gasteiger partial charge < -0.3 is 5.32 Å². The van der Waals surface area contributed by atoms with Crippen LogP contribution in [0.15, 0.2) is 23.9 Å². The van der Waals surface area contributed by atoms with Crippen molar-refractivity contribution in [3.63, 3.8) is 0 Å². The van der Waals surface area contributed by atoms with Crippen LogP contribution in [0.25, 0.3) is 10.7 Å². The van der Waals surface area contributed by atoms with Crippen molar-refractivity contribution in [1.82, 2.24) is 20.1 Å². The third-order valence-electron chi connectivity index (χ3n) is 4.86. The van der Waals surface area contributed by atoms with Gasteiger partial charge in [-0.3, -0.25) is 9.36 Å². The predicted molar refractivity (Wildman–Crippen MR) is 118 cm³/mol. The molecule has 0 spiro atoms. The predicted octanol–water partition coefficient (Wildman–Crippen LogP) is 4.71. The van der Waals surface area contributed by atoms with E-state index >= 15 is 0 Å². The number of fused-ring (bicyclic) bond motifs is 1. The number of amides is 1. The molecule has 0 fully saturated rings. The van der Waals surface area contributed by atoms with E-state index in [0.717, 1.165) is 16.9 Å². The van der Waals surface area contributed by atoms with Gasteiger partial charge in [-0.1, -0.05) is 31.2 Å². The molecule has 152 valence electrons. The second-order valence-corrected chi connectivity index (χ2v) is 10.4. The Morgan fingerprint density at radius 1 is 1.46 bits per heavy atom. The van der Waals surface area contributed by atoms with Gasteiger partial charge in [-0.15, -0.1) is 28.1 Å². The Bertz CT molecular complexity index is 847. The highest BCUT2D eigenvalue weighted by molar-refractivity contribution is 7.99. The first-order valence-electron chi connectivity index (χ1n) is 9.90. The van der Waals surface area contributed by atoms with Crippen molar-refractivity contribution < 1.29 is 4.79 Å². The fraction of sp³-hybridized carbons (Fsp3) is 0.571. The summed E-state index contributed by atoms with van der Waals surface area (Å²) in [7, 11) is 0. The maximum atomic E-state index is 12.2. The molecule has 0 saturated carbocycles. The third kappa shape index (κ3) is 5.06. The van der Waals surface area contributed by atoms with Crippen LogP contribution < -0.4 is 5.32 Å². The Morgan fingerprint density at radius 2 is 2.25 bits per heavy atom. The zero-order chi connectivity index (χ0) is 20.3.